The van der Waals surface area contributed by atoms with Crippen molar-refractivity contribution < 1.29 is 0 Å². The van der Waals surface area contributed by atoms with Crippen LogP contribution in [0.4, 0.5) is 5.69 Å². The van der Waals surface area contributed by atoms with Gasteiger partial charge in [-0.1, -0.05) is 43.4 Å². The average Bonchev–Trinajstić information content (AvgIpc) is 2.70. The minimum atomic E-state index is 0.808. The van der Waals surface area contributed by atoms with Gasteiger partial charge < -0.3 is 10.2 Å². The molecule has 2 heteroatoms. The molecule has 0 amide bonds. The highest BCUT2D eigenvalue weighted by molar-refractivity contribution is 5.44. The number of hydrogen-bond acceptors (Lipinski definition) is 2. The molecule has 0 aromatic heterocycles. The maximum Gasteiger partial charge on any atom is 0.0340 e. The summed E-state index contributed by atoms with van der Waals surface area (Å²) < 4.78 is 0. The van der Waals surface area contributed by atoms with E-state index in [2.05, 4.69) is 48.5 Å². The molecule has 1 saturated carbocycles. The van der Waals surface area contributed by atoms with Crippen molar-refractivity contribution in [3.05, 3.63) is 29.8 Å². The second-order valence-corrected chi connectivity index (χ2v) is 5.92. The zero-order chi connectivity index (χ0) is 13.5. The van der Waals surface area contributed by atoms with Crippen molar-refractivity contribution in [2.75, 3.05) is 25.5 Å². The van der Waals surface area contributed by atoms with Crippen LogP contribution in [-0.4, -0.2) is 31.1 Å². The van der Waals surface area contributed by atoms with Gasteiger partial charge in [0.25, 0.3) is 0 Å². The van der Waals surface area contributed by atoms with Crippen LogP contribution in [0.15, 0.2) is 24.3 Å². The summed E-state index contributed by atoms with van der Waals surface area (Å²) in [5.41, 5.74) is 2.56. The van der Waals surface area contributed by atoms with E-state index >= 15 is 0 Å². The van der Waals surface area contributed by atoms with Gasteiger partial charge in [0.2, 0.25) is 0 Å². The van der Waals surface area contributed by atoms with Crippen LogP contribution in [0.5, 0.6) is 0 Å². The summed E-state index contributed by atoms with van der Waals surface area (Å²) in [6, 6.07) is 9.47. The normalized spacial score (nSPS) is 17.4. The topological polar surface area (TPSA) is 15.3 Å². The Morgan fingerprint density at radius 2 is 1.68 bits per heavy atom. The van der Waals surface area contributed by atoms with Crippen LogP contribution < -0.4 is 5.32 Å². The van der Waals surface area contributed by atoms with E-state index < -0.39 is 0 Å². The van der Waals surface area contributed by atoms with Crippen LogP contribution in [0.1, 0.15) is 44.1 Å². The SMILES string of the molecule is Cc1ccc(NCCN(C)C2CCCCCC2)cc1. The molecule has 0 aliphatic heterocycles. The van der Waals surface area contributed by atoms with E-state index in [1.807, 2.05) is 0 Å². The van der Waals surface area contributed by atoms with E-state index in [1.165, 1.54) is 49.8 Å². The van der Waals surface area contributed by atoms with Crippen molar-refractivity contribution in [2.24, 2.45) is 0 Å². The molecule has 0 spiro atoms. The molecule has 1 aliphatic rings. The summed E-state index contributed by atoms with van der Waals surface area (Å²) in [5.74, 6) is 0. The molecule has 1 fully saturated rings. The van der Waals surface area contributed by atoms with Crippen molar-refractivity contribution in [3.8, 4) is 0 Å². The zero-order valence-corrected chi connectivity index (χ0v) is 12.5. The first-order chi connectivity index (χ1) is 9.25. The summed E-state index contributed by atoms with van der Waals surface area (Å²) in [5, 5.41) is 3.52. The van der Waals surface area contributed by atoms with Crippen molar-refractivity contribution in [1.82, 2.24) is 4.90 Å². The number of anilines is 1. The van der Waals surface area contributed by atoms with Gasteiger partial charge >= 0.3 is 0 Å². The molecule has 19 heavy (non-hydrogen) atoms. The summed E-state index contributed by atoms with van der Waals surface area (Å²) in [6.45, 7) is 4.30. The highest BCUT2D eigenvalue weighted by Crippen LogP contribution is 2.20. The summed E-state index contributed by atoms with van der Waals surface area (Å²) in [4.78, 5) is 2.55. The number of rotatable bonds is 5. The van der Waals surface area contributed by atoms with Gasteiger partial charge in [-0.3, -0.25) is 0 Å². The van der Waals surface area contributed by atoms with E-state index in [-0.39, 0.29) is 0 Å². The molecule has 1 aliphatic carbocycles. The minimum absolute atomic E-state index is 0.808. The Morgan fingerprint density at radius 1 is 1.05 bits per heavy atom. The van der Waals surface area contributed by atoms with Crippen LogP contribution in [-0.2, 0) is 0 Å². The number of likely N-dealkylation sites (N-methyl/N-ethyl adjacent to an activating group) is 1. The van der Waals surface area contributed by atoms with E-state index in [4.69, 9.17) is 0 Å². The van der Waals surface area contributed by atoms with Gasteiger partial charge in [0, 0.05) is 24.8 Å². The largest absolute Gasteiger partial charge is 0.384 e. The third-order valence-corrected chi connectivity index (χ3v) is 4.29. The van der Waals surface area contributed by atoms with Crippen molar-refractivity contribution in [3.63, 3.8) is 0 Å². The maximum absolute atomic E-state index is 3.52. The van der Waals surface area contributed by atoms with E-state index in [9.17, 15) is 0 Å². The van der Waals surface area contributed by atoms with Crippen LogP contribution >= 0.6 is 0 Å². The maximum atomic E-state index is 3.52. The number of nitrogens with one attached hydrogen (secondary N) is 1. The Kier molecular flexibility index (Phi) is 5.71. The minimum Gasteiger partial charge on any atom is -0.384 e. The lowest BCUT2D eigenvalue weighted by atomic mass is 10.1. The number of nitrogens with zero attached hydrogens (tertiary/aromatic N) is 1. The summed E-state index contributed by atoms with van der Waals surface area (Å²) in [7, 11) is 2.28. The molecular formula is C17H28N2. The molecule has 1 N–H and O–H groups in total. The van der Waals surface area contributed by atoms with Crippen LogP contribution in [0.2, 0.25) is 0 Å². The third-order valence-electron chi connectivity index (χ3n) is 4.29. The first-order valence-electron chi connectivity index (χ1n) is 7.76. The Labute approximate surface area is 118 Å². The van der Waals surface area contributed by atoms with Gasteiger partial charge in [-0.2, -0.15) is 0 Å². The molecule has 0 unspecified atom stereocenters. The molecule has 0 atom stereocenters. The molecule has 0 radical (unpaired) electrons. The van der Waals surface area contributed by atoms with Gasteiger partial charge in [-0.15, -0.1) is 0 Å². The number of benzene rings is 1. The number of aryl methyl sites for hydroxylation is 1. The zero-order valence-electron chi connectivity index (χ0n) is 12.5. The van der Waals surface area contributed by atoms with E-state index in [0.29, 0.717) is 0 Å². The number of hydrogen-bond donors (Lipinski definition) is 1. The fraction of sp³-hybridized carbons (Fsp3) is 0.647. The van der Waals surface area contributed by atoms with Crippen molar-refractivity contribution in [1.29, 1.82) is 0 Å². The molecule has 0 heterocycles. The van der Waals surface area contributed by atoms with E-state index in [0.717, 1.165) is 19.1 Å². The Balaban J connectivity index is 1.70. The third kappa shape index (κ3) is 4.87. The highest BCUT2D eigenvalue weighted by Gasteiger charge is 2.16. The highest BCUT2D eigenvalue weighted by atomic mass is 15.1. The van der Waals surface area contributed by atoms with Gasteiger partial charge in [-0.25, -0.2) is 0 Å². The summed E-state index contributed by atoms with van der Waals surface area (Å²) >= 11 is 0. The van der Waals surface area contributed by atoms with Crippen LogP contribution in [0.25, 0.3) is 0 Å². The van der Waals surface area contributed by atoms with Crippen LogP contribution in [0, 0.1) is 6.92 Å². The molecule has 0 bridgehead atoms. The first-order valence-corrected chi connectivity index (χ1v) is 7.76. The molecule has 2 nitrogen and oxygen atoms in total. The molecule has 1 aromatic carbocycles. The van der Waals surface area contributed by atoms with E-state index in [1.54, 1.807) is 0 Å². The second-order valence-electron chi connectivity index (χ2n) is 5.92. The molecule has 1 aromatic rings. The predicted octanol–water partition coefficient (Wildman–Crippen LogP) is 4.06. The lowest BCUT2D eigenvalue weighted by molar-refractivity contribution is 0.229. The molecule has 0 saturated heterocycles. The van der Waals surface area contributed by atoms with Gasteiger partial charge in [-0.05, 0) is 38.9 Å². The average molecular weight is 260 g/mol. The van der Waals surface area contributed by atoms with Crippen molar-refractivity contribution >= 4 is 5.69 Å². The van der Waals surface area contributed by atoms with Gasteiger partial charge in [0.1, 0.15) is 0 Å². The fourth-order valence-electron chi connectivity index (χ4n) is 2.93. The lowest BCUT2D eigenvalue weighted by Crippen LogP contribution is -2.34. The lowest BCUT2D eigenvalue weighted by Gasteiger charge is -2.27. The Bertz CT molecular complexity index is 350. The first kappa shape index (κ1) is 14.4. The summed E-state index contributed by atoms with van der Waals surface area (Å²) in [6.07, 6.45) is 8.49. The monoisotopic (exact) mass is 260 g/mol. The standard InChI is InChI=1S/C17H28N2/c1-15-9-11-16(12-10-15)18-13-14-19(2)17-7-5-3-4-6-8-17/h9-12,17-18H,3-8,13-14H2,1-2H3. The smallest absolute Gasteiger partial charge is 0.0340 e. The molecule has 106 valence electrons. The Hall–Kier alpha value is -1.02. The second kappa shape index (κ2) is 7.54. The molecule has 2 rings (SSSR count). The quantitative estimate of drug-likeness (QED) is 0.803. The molecular weight excluding hydrogens is 232 g/mol. The van der Waals surface area contributed by atoms with Gasteiger partial charge in [0.15, 0.2) is 0 Å². The van der Waals surface area contributed by atoms with Gasteiger partial charge in [0.05, 0.1) is 0 Å². The predicted molar refractivity (Wildman–Crippen MR) is 83.8 cm³/mol. The van der Waals surface area contributed by atoms with Crippen molar-refractivity contribution in [2.45, 2.75) is 51.5 Å². The fourth-order valence-corrected chi connectivity index (χ4v) is 2.93. The Morgan fingerprint density at radius 3 is 2.32 bits per heavy atom. The van der Waals surface area contributed by atoms with Crippen LogP contribution in [0.3, 0.4) is 0 Å².